The molecule has 3 rings (SSSR count). The van der Waals surface area contributed by atoms with Gasteiger partial charge < -0.3 is 0 Å². The summed E-state index contributed by atoms with van der Waals surface area (Å²) in [5.41, 5.74) is 1.52. The number of para-hydroxylation sites is 1. The fraction of sp³-hybridized carbons (Fsp3) is 0.0500. The largest absolute Gasteiger partial charge is 0.272 e. The minimum absolute atomic E-state index is 0.0671. The molecule has 6 heteroatoms. The fourth-order valence-electron chi connectivity index (χ4n) is 2.45. The lowest BCUT2D eigenvalue weighted by atomic mass is 10.2. The number of hydrogen-bond acceptors (Lipinski definition) is 3. The van der Waals surface area contributed by atoms with Crippen LogP contribution in [0, 0.1) is 6.92 Å². The molecule has 0 saturated heterocycles. The Bertz CT molecular complexity index is 1010. The number of halogens is 1. The first-order valence-corrected chi connectivity index (χ1v) is 10.1. The molecule has 0 N–H and O–H groups in total. The topological polar surface area (TPSA) is 54.5 Å². The van der Waals surface area contributed by atoms with Gasteiger partial charge >= 0.3 is 0 Å². The molecule has 0 fully saturated rings. The van der Waals surface area contributed by atoms with E-state index in [1.54, 1.807) is 66.7 Å². The van der Waals surface area contributed by atoms with Gasteiger partial charge in [0, 0.05) is 10.0 Å². The van der Waals surface area contributed by atoms with Crippen LogP contribution in [0.2, 0.25) is 0 Å². The molecule has 0 aliphatic carbocycles. The lowest BCUT2D eigenvalue weighted by Gasteiger charge is -2.23. The number of hydrogen-bond donors (Lipinski definition) is 0. The van der Waals surface area contributed by atoms with E-state index in [0.29, 0.717) is 5.69 Å². The van der Waals surface area contributed by atoms with E-state index in [1.165, 1.54) is 12.1 Å². The van der Waals surface area contributed by atoms with Gasteiger partial charge in [0.05, 0.1) is 10.6 Å². The molecule has 4 nitrogen and oxygen atoms in total. The molecule has 0 aliphatic heterocycles. The highest BCUT2D eigenvalue weighted by Gasteiger charge is 2.31. The zero-order chi connectivity index (χ0) is 18.7. The molecule has 1 amide bonds. The summed E-state index contributed by atoms with van der Waals surface area (Å²) >= 11 is 3.32. The van der Waals surface area contributed by atoms with Gasteiger partial charge in [-0.25, -0.2) is 8.42 Å². The van der Waals surface area contributed by atoms with E-state index in [1.807, 2.05) is 6.92 Å². The van der Waals surface area contributed by atoms with E-state index in [9.17, 15) is 13.2 Å². The zero-order valence-electron chi connectivity index (χ0n) is 14.0. The Kier molecular flexibility index (Phi) is 5.25. The number of carbonyl (C=O) groups excluding carboxylic acids is 1. The van der Waals surface area contributed by atoms with Crippen molar-refractivity contribution in [2.75, 3.05) is 4.31 Å². The number of anilines is 1. The predicted octanol–water partition coefficient (Wildman–Crippen LogP) is 4.79. The normalized spacial score (nSPS) is 11.2. The van der Waals surface area contributed by atoms with Gasteiger partial charge in [0.25, 0.3) is 15.9 Å². The molecule has 0 radical (unpaired) electrons. The first kappa shape index (κ1) is 18.4. The number of aryl methyl sites for hydroxylation is 1. The number of benzene rings is 3. The Labute approximate surface area is 161 Å². The minimum Gasteiger partial charge on any atom is -0.268 e. The molecule has 3 aromatic carbocycles. The molecular weight excluding hydrogens is 414 g/mol. The molecule has 0 aliphatic rings. The van der Waals surface area contributed by atoms with Crippen LogP contribution >= 0.6 is 15.9 Å². The van der Waals surface area contributed by atoms with Gasteiger partial charge in [-0.05, 0) is 55.5 Å². The van der Waals surface area contributed by atoms with Crippen molar-refractivity contribution in [2.24, 2.45) is 0 Å². The molecule has 0 atom stereocenters. The van der Waals surface area contributed by atoms with E-state index in [4.69, 9.17) is 0 Å². The molecule has 0 unspecified atom stereocenters. The van der Waals surface area contributed by atoms with E-state index >= 15 is 0 Å². The summed E-state index contributed by atoms with van der Waals surface area (Å²) in [5, 5.41) is 0. The van der Waals surface area contributed by atoms with Crippen LogP contribution in [0.4, 0.5) is 5.69 Å². The molecule has 3 aromatic rings. The van der Waals surface area contributed by atoms with Crippen LogP contribution in [-0.2, 0) is 10.0 Å². The van der Waals surface area contributed by atoms with Gasteiger partial charge in [-0.3, -0.25) is 4.79 Å². The molecule has 0 saturated carbocycles. The standard InChI is InChI=1S/C20H16BrNO3S/c1-15-7-13-19(14-8-15)26(24,25)22(18-5-3-2-4-6-18)20(23)16-9-11-17(21)12-10-16/h2-14H,1H3. The SMILES string of the molecule is Cc1ccc(S(=O)(=O)N(C(=O)c2ccc(Br)cc2)c2ccccc2)cc1. The van der Waals surface area contributed by atoms with Crippen LogP contribution in [0.5, 0.6) is 0 Å². The molecule has 132 valence electrons. The first-order valence-electron chi connectivity index (χ1n) is 7.86. The summed E-state index contributed by atoms with van der Waals surface area (Å²) < 4.78 is 28.1. The highest BCUT2D eigenvalue weighted by atomic mass is 79.9. The van der Waals surface area contributed by atoms with Crippen molar-refractivity contribution in [1.82, 2.24) is 0 Å². The predicted molar refractivity (Wildman–Crippen MR) is 106 cm³/mol. The highest BCUT2D eigenvalue weighted by molar-refractivity contribution is 9.10. The summed E-state index contributed by atoms with van der Waals surface area (Å²) in [7, 11) is -4.06. The molecule has 0 spiro atoms. The van der Waals surface area contributed by atoms with Crippen LogP contribution in [0.3, 0.4) is 0 Å². The number of amides is 1. The maximum absolute atomic E-state index is 13.2. The second kappa shape index (κ2) is 7.43. The lowest BCUT2D eigenvalue weighted by molar-refractivity contribution is 0.101. The number of sulfonamides is 1. The van der Waals surface area contributed by atoms with Crippen LogP contribution in [0.1, 0.15) is 15.9 Å². The minimum atomic E-state index is -4.06. The quantitative estimate of drug-likeness (QED) is 0.598. The smallest absolute Gasteiger partial charge is 0.268 e. The highest BCUT2D eigenvalue weighted by Crippen LogP contribution is 2.26. The summed E-state index contributed by atoms with van der Waals surface area (Å²) in [6, 6.07) is 21.4. The summed E-state index contributed by atoms with van der Waals surface area (Å²) in [6.45, 7) is 1.87. The third-order valence-corrected chi connectivity index (χ3v) is 6.08. The Morgan fingerprint density at radius 1 is 0.846 bits per heavy atom. The Balaban J connectivity index is 2.14. The van der Waals surface area contributed by atoms with Gasteiger partial charge in [-0.2, -0.15) is 4.31 Å². The lowest BCUT2D eigenvalue weighted by Crippen LogP contribution is -2.37. The first-order chi connectivity index (χ1) is 12.4. The average molecular weight is 430 g/mol. The van der Waals surface area contributed by atoms with Crippen molar-refractivity contribution < 1.29 is 13.2 Å². The van der Waals surface area contributed by atoms with E-state index in [2.05, 4.69) is 15.9 Å². The van der Waals surface area contributed by atoms with Gasteiger partial charge in [-0.1, -0.05) is 51.8 Å². The summed E-state index contributed by atoms with van der Waals surface area (Å²) in [6.07, 6.45) is 0. The maximum atomic E-state index is 13.2. The third kappa shape index (κ3) is 3.71. The van der Waals surface area contributed by atoms with Crippen molar-refractivity contribution in [3.63, 3.8) is 0 Å². The Hall–Kier alpha value is -2.44. The summed E-state index contributed by atoms with van der Waals surface area (Å²) in [4.78, 5) is 13.1. The third-order valence-electron chi connectivity index (χ3n) is 3.83. The number of rotatable bonds is 4. The van der Waals surface area contributed by atoms with Crippen molar-refractivity contribution in [1.29, 1.82) is 0 Å². The average Bonchev–Trinajstić information content (AvgIpc) is 2.63. The van der Waals surface area contributed by atoms with Gasteiger partial charge in [0.15, 0.2) is 0 Å². The number of carbonyl (C=O) groups is 1. The second-order valence-corrected chi connectivity index (χ2v) is 8.43. The van der Waals surface area contributed by atoms with Crippen LogP contribution in [-0.4, -0.2) is 14.3 Å². The van der Waals surface area contributed by atoms with Crippen molar-refractivity contribution in [3.8, 4) is 0 Å². The Morgan fingerprint density at radius 3 is 2.00 bits per heavy atom. The monoisotopic (exact) mass is 429 g/mol. The molecule has 0 bridgehead atoms. The van der Waals surface area contributed by atoms with Gasteiger partial charge in [0.1, 0.15) is 0 Å². The number of nitrogens with zero attached hydrogens (tertiary/aromatic N) is 1. The zero-order valence-corrected chi connectivity index (χ0v) is 16.4. The molecular formula is C20H16BrNO3S. The molecule has 0 aromatic heterocycles. The van der Waals surface area contributed by atoms with E-state index < -0.39 is 15.9 Å². The van der Waals surface area contributed by atoms with Gasteiger partial charge in [-0.15, -0.1) is 0 Å². The fourth-order valence-corrected chi connectivity index (χ4v) is 4.13. The van der Waals surface area contributed by atoms with Crippen molar-refractivity contribution in [2.45, 2.75) is 11.8 Å². The van der Waals surface area contributed by atoms with Crippen LogP contribution < -0.4 is 4.31 Å². The maximum Gasteiger partial charge on any atom is 0.272 e. The second-order valence-electron chi connectivity index (χ2n) is 5.73. The summed E-state index contributed by atoms with van der Waals surface area (Å²) in [5.74, 6) is -0.607. The molecule has 26 heavy (non-hydrogen) atoms. The van der Waals surface area contributed by atoms with Gasteiger partial charge in [0.2, 0.25) is 0 Å². The van der Waals surface area contributed by atoms with Crippen LogP contribution in [0.25, 0.3) is 0 Å². The van der Waals surface area contributed by atoms with Crippen molar-refractivity contribution >= 4 is 37.5 Å². The van der Waals surface area contributed by atoms with E-state index in [0.717, 1.165) is 14.3 Å². The molecule has 0 heterocycles. The van der Waals surface area contributed by atoms with Crippen molar-refractivity contribution in [3.05, 3.63) is 94.5 Å². The Morgan fingerprint density at radius 2 is 1.42 bits per heavy atom. The van der Waals surface area contributed by atoms with Crippen LogP contribution in [0.15, 0.2) is 88.2 Å². The van der Waals surface area contributed by atoms with E-state index in [-0.39, 0.29) is 10.5 Å².